The molecule has 174 valence electrons. The Morgan fingerprint density at radius 2 is 1.61 bits per heavy atom. The van der Waals surface area contributed by atoms with Crippen molar-refractivity contribution in [2.75, 3.05) is 6.54 Å². The second kappa shape index (κ2) is 12.6. The zero-order valence-electron chi connectivity index (χ0n) is 19.2. The number of halogens is 2. The Morgan fingerprint density at radius 1 is 0.909 bits per heavy atom. The van der Waals surface area contributed by atoms with Crippen molar-refractivity contribution < 1.29 is 4.79 Å². The molecule has 1 N–H and O–H groups in total. The van der Waals surface area contributed by atoms with Crippen LogP contribution in [0, 0.1) is 5.92 Å². The van der Waals surface area contributed by atoms with Crippen molar-refractivity contribution in [3.63, 3.8) is 0 Å². The van der Waals surface area contributed by atoms with Crippen molar-refractivity contribution in [2.45, 2.75) is 39.5 Å². The highest BCUT2D eigenvalue weighted by Gasteiger charge is 2.16. The molecule has 0 bridgehead atoms. The zero-order chi connectivity index (χ0) is 21.6. The SMILES string of the molecule is CCCCC(CC)CNC(=O)c1cc(-c2cccc3ccccc23)nc2ccccc12.Cl.Cl. The molecule has 1 aromatic heterocycles. The molecule has 1 atom stereocenters. The van der Waals surface area contributed by atoms with Crippen LogP contribution in [0.1, 0.15) is 49.9 Å². The molecule has 5 heteroatoms. The number of benzene rings is 3. The summed E-state index contributed by atoms with van der Waals surface area (Å²) in [5, 5.41) is 6.41. The van der Waals surface area contributed by atoms with E-state index in [1.807, 2.05) is 48.5 Å². The molecular weight excluding hydrogens is 451 g/mol. The van der Waals surface area contributed by atoms with Gasteiger partial charge in [0.15, 0.2) is 0 Å². The Hall–Kier alpha value is -2.62. The van der Waals surface area contributed by atoms with Crippen LogP contribution in [0.4, 0.5) is 0 Å². The molecule has 0 radical (unpaired) electrons. The minimum absolute atomic E-state index is 0. The first-order chi connectivity index (χ1) is 15.2. The molecule has 0 saturated carbocycles. The van der Waals surface area contributed by atoms with Gasteiger partial charge >= 0.3 is 0 Å². The van der Waals surface area contributed by atoms with Crippen LogP contribution in [0.15, 0.2) is 72.8 Å². The first kappa shape index (κ1) is 26.6. The summed E-state index contributed by atoms with van der Waals surface area (Å²) in [7, 11) is 0. The van der Waals surface area contributed by atoms with Crippen molar-refractivity contribution in [3.8, 4) is 11.3 Å². The van der Waals surface area contributed by atoms with Gasteiger partial charge in [0.1, 0.15) is 0 Å². The number of nitrogens with zero attached hydrogens (tertiary/aromatic N) is 1. The van der Waals surface area contributed by atoms with Gasteiger partial charge in [0, 0.05) is 17.5 Å². The number of hydrogen-bond acceptors (Lipinski definition) is 2. The molecule has 0 saturated heterocycles. The third-order valence-electron chi connectivity index (χ3n) is 6.12. The van der Waals surface area contributed by atoms with Gasteiger partial charge in [0.25, 0.3) is 5.91 Å². The van der Waals surface area contributed by atoms with E-state index in [-0.39, 0.29) is 30.7 Å². The summed E-state index contributed by atoms with van der Waals surface area (Å²) in [6.45, 7) is 5.13. The molecule has 33 heavy (non-hydrogen) atoms. The molecule has 3 aromatic carbocycles. The summed E-state index contributed by atoms with van der Waals surface area (Å²) in [6.07, 6.45) is 4.63. The van der Waals surface area contributed by atoms with E-state index in [1.165, 1.54) is 18.2 Å². The molecule has 4 aromatic rings. The smallest absolute Gasteiger partial charge is 0.252 e. The number of para-hydroxylation sites is 1. The Balaban J connectivity index is 0.00000193. The molecule has 1 heterocycles. The lowest BCUT2D eigenvalue weighted by molar-refractivity contribution is 0.0947. The van der Waals surface area contributed by atoms with E-state index in [2.05, 4.69) is 43.4 Å². The molecule has 1 amide bonds. The average molecular weight is 483 g/mol. The molecule has 1 unspecified atom stereocenters. The van der Waals surface area contributed by atoms with Crippen LogP contribution >= 0.6 is 24.8 Å². The normalized spacial score (nSPS) is 11.5. The van der Waals surface area contributed by atoms with Crippen molar-refractivity contribution >= 4 is 52.4 Å². The Morgan fingerprint density at radius 3 is 2.36 bits per heavy atom. The highest BCUT2D eigenvalue weighted by molar-refractivity contribution is 6.08. The van der Waals surface area contributed by atoms with E-state index in [9.17, 15) is 4.79 Å². The first-order valence-electron chi connectivity index (χ1n) is 11.4. The maximum absolute atomic E-state index is 13.3. The fraction of sp³-hybridized carbons (Fsp3) is 0.286. The summed E-state index contributed by atoms with van der Waals surface area (Å²) in [5.41, 5.74) is 3.42. The maximum atomic E-state index is 13.3. The summed E-state index contributed by atoms with van der Waals surface area (Å²) < 4.78 is 0. The monoisotopic (exact) mass is 482 g/mol. The molecule has 0 spiro atoms. The topological polar surface area (TPSA) is 42.0 Å². The number of hydrogen-bond donors (Lipinski definition) is 1. The first-order valence-corrected chi connectivity index (χ1v) is 11.4. The van der Waals surface area contributed by atoms with Gasteiger partial charge < -0.3 is 5.32 Å². The molecule has 0 aliphatic rings. The average Bonchev–Trinajstić information content (AvgIpc) is 2.83. The van der Waals surface area contributed by atoms with Crippen molar-refractivity contribution in [2.24, 2.45) is 5.92 Å². The summed E-state index contributed by atoms with van der Waals surface area (Å²) in [6, 6.07) is 24.4. The minimum atomic E-state index is -0.0185. The quantitative estimate of drug-likeness (QED) is 0.277. The summed E-state index contributed by atoms with van der Waals surface area (Å²) in [5.74, 6) is 0.504. The van der Waals surface area contributed by atoms with Crippen molar-refractivity contribution in [1.82, 2.24) is 10.3 Å². The summed E-state index contributed by atoms with van der Waals surface area (Å²) >= 11 is 0. The highest BCUT2D eigenvalue weighted by atomic mass is 35.5. The number of amides is 1. The van der Waals surface area contributed by atoms with Crippen LogP contribution < -0.4 is 5.32 Å². The van der Waals surface area contributed by atoms with E-state index in [4.69, 9.17) is 4.98 Å². The predicted molar refractivity (Wildman–Crippen MR) is 145 cm³/mol. The lowest BCUT2D eigenvalue weighted by Gasteiger charge is -2.16. The predicted octanol–water partition coefficient (Wildman–Crippen LogP) is 7.84. The molecule has 4 rings (SSSR count). The van der Waals surface area contributed by atoms with Gasteiger partial charge in [0.05, 0.1) is 16.8 Å². The minimum Gasteiger partial charge on any atom is -0.352 e. The van der Waals surface area contributed by atoms with Crippen LogP contribution in [0.2, 0.25) is 0 Å². The van der Waals surface area contributed by atoms with E-state index in [0.717, 1.165) is 46.9 Å². The van der Waals surface area contributed by atoms with Gasteiger partial charge in [-0.3, -0.25) is 4.79 Å². The fourth-order valence-corrected chi connectivity index (χ4v) is 4.23. The lowest BCUT2D eigenvalue weighted by Crippen LogP contribution is -2.29. The van der Waals surface area contributed by atoms with Crippen molar-refractivity contribution in [3.05, 3.63) is 78.4 Å². The molecule has 0 aliphatic heterocycles. The van der Waals surface area contributed by atoms with Crippen LogP contribution in [0.25, 0.3) is 32.9 Å². The van der Waals surface area contributed by atoms with Gasteiger partial charge in [-0.05, 0) is 35.2 Å². The third-order valence-corrected chi connectivity index (χ3v) is 6.12. The van der Waals surface area contributed by atoms with Crippen LogP contribution in [0.5, 0.6) is 0 Å². The highest BCUT2D eigenvalue weighted by Crippen LogP contribution is 2.30. The van der Waals surface area contributed by atoms with Gasteiger partial charge in [-0.1, -0.05) is 93.8 Å². The number of nitrogens with one attached hydrogen (secondary N) is 1. The van der Waals surface area contributed by atoms with Crippen LogP contribution in [-0.4, -0.2) is 17.4 Å². The fourth-order valence-electron chi connectivity index (χ4n) is 4.23. The van der Waals surface area contributed by atoms with Gasteiger partial charge in [-0.25, -0.2) is 4.98 Å². The number of unbranched alkanes of at least 4 members (excludes halogenated alkanes) is 1. The second-order valence-corrected chi connectivity index (χ2v) is 8.23. The van der Waals surface area contributed by atoms with Crippen LogP contribution in [0.3, 0.4) is 0 Å². The Labute approximate surface area is 208 Å². The number of rotatable bonds is 8. The van der Waals surface area contributed by atoms with Gasteiger partial charge in [-0.2, -0.15) is 0 Å². The molecule has 3 nitrogen and oxygen atoms in total. The van der Waals surface area contributed by atoms with Gasteiger partial charge in [0.2, 0.25) is 0 Å². The van der Waals surface area contributed by atoms with E-state index < -0.39 is 0 Å². The summed E-state index contributed by atoms with van der Waals surface area (Å²) in [4.78, 5) is 18.2. The van der Waals surface area contributed by atoms with E-state index >= 15 is 0 Å². The Kier molecular flexibility index (Phi) is 10.1. The lowest BCUT2D eigenvalue weighted by atomic mass is 9.98. The number of aromatic nitrogens is 1. The molecule has 0 fully saturated rings. The van der Waals surface area contributed by atoms with E-state index in [1.54, 1.807) is 0 Å². The van der Waals surface area contributed by atoms with Crippen LogP contribution in [-0.2, 0) is 0 Å². The Bertz CT molecular complexity index is 1200. The standard InChI is InChI=1S/C28H30N2O.2ClH/c1-3-5-11-20(4-2)19-29-28(31)25-18-27(30-26-17-9-8-15-24(25)26)23-16-10-13-21-12-6-7-14-22(21)23;;/h6-10,12-18,20H,3-5,11,19H2,1-2H3,(H,29,31);2*1H. The number of pyridine rings is 1. The zero-order valence-corrected chi connectivity index (χ0v) is 20.8. The third kappa shape index (κ3) is 6.04. The van der Waals surface area contributed by atoms with E-state index in [0.29, 0.717) is 11.5 Å². The largest absolute Gasteiger partial charge is 0.352 e. The van der Waals surface area contributed by atoms with Gasteiger partial charge in [-0.15, -0.1) is 24.8 Å². The second-order valence-electron chi connectivity index (χ2n) is 8.23. The maximum Gasteiger partial charge on any atom is 0.252 e. The number of carbonyl (C=O) groups is 1. The molecule has 0 aliphatic carbocycles. The number of fused-ring (bicyclic) bond motifs is 2. The number of carbonyl (C=O) groups excluding carboxylic acids is 1. The molecular formula is C28H32Cl2N2O. The van der Waals surface area contributed by atoms with Crippen molar-refractivity contribution in [1.29, 1.82) is 0 Å².